The minimum atomic E-state index is -3.50. The van der Waals surface area contributed by atoms with Gasteiger partial charge >= 0.3 is 12.1 Å². The Kier molecular flexibility index (Phi) is 19.4. The molecule has 0 spiro atoms. The van der Waals surface area contributed by atoms with E-state index < -0.39 is 69.4 Å². The number of carbonyl (C=O) groups excluding carboxylic acids is 3. The molecule has 3 amide bonds. The summed E-state index contributed by atoms with van der Waals surface area (Å²) in [6.07, 6.45) is -1.01. The monoisotopic (exact) mass is 961 g/mol. The zero-order valence-corrected chi connectivity index (χ0v) is 38.1. The van der Waals surface area contributed by atoms with E-state index in [1.165, 1.54) is 25.2 Å². The smallest absolute Gasteiger partial charge is 0.411 e. The average molecular weight is 962 g/mol. The number of carboxylic acid groups (broad SMARTS) is 1. The van der Waals surface area contributed by atoms with E-state index in [0.717, 1.165) is 36.8 Å². The molecular weight excluding hydrogens is 903 g/mol. The predicted molar refractivity (Wildman–Crippen MR) is 241 cm³/mol. The summed E-state index contributed by atoms with van der Waals surface area (Å²) in [4.78, 5) is 81.3. The molecule has 5 rings (SSSR count). The Balaban J connectivity index is 1.04. The standard InChI is InChI=1S/C43H59N7O16S/c1-44-23-31(51)48-29-22-26(9-10-30(29)65-42-39(57)37(55)38(56)40(66-42)41(58)59)24-63-43(60)50(20-21-67(2,61)62)25-64-28-13-18-49(19-14-28)32(52)8-6-4-3-5-7-15-46-33-34(36(54)35(33)53)47-27-11-16-45-17-12-27/h9-12,16-17,22,28,37-40,42,44,46,55-57H,3-8,13-15,18-21,23-25H2,1-2H3,(H,45,47)(H,48,51)(H,58,59)/t37-,38-,39+,40-,42+/m0/s1. The number of benzene rings is 1. The second-order valence-electron chi connectivity index (χ2n) is 16.3. The van der Waals surface area contributed by atoms with Crippen LogP contribution in [0.1, 0.15) is 56.9 Å². The summed E-state index contributed by atoms with van der Waals surface area (Å²) in [5.74, 6) is -2.62. The van der Waals surface area contributed by atoms with Crippen LogP contribution in [0.3, 0.4) is 0 Å². The number of nitrogens with zero attached hydrogens (tertiary/aromatic N) is 3. The van der Waals surface area contributed by atoms with Crippen molar-refractivity contribution < 1.29 is 67.0 Å². The molecule has 0 unspecified atom stereocenters. The molecule has 2 saturated heterocycles. The number of carbonyl (C=O) groups is 4. The number of aliphatic carboxylic acids is 1. The molecule has 8 N–H and O–H groups in total. The quantitative estimate of drug-likeness (QED) is 0.0321. The molecule has 5 atom stereocenters. The zero-order valence-electron chi connectivity index (χ0n) is 37.3. The molecule has 24 heteroatoms. The number of nitrogens with one attached hydrogen (secondary N) is 4. The van der Waals surface area contributed by atoms with E-state index in [1.807, 2.05) is 0 Å². The van der Waals surface area contributed by atoms with Crippen molar-refractivity contribution in [3.63, 3.8) is 0 Å². The number of hydrogen-bond donors (Lipinski definition) is 8. The fourth-order valence-electron chi connectivity index (χ4n) is 7.25. The number of pyridine rings is 1. The number of unbranched alkanes of at least 4 members (excludes halogenated alkanes) is 4. The van der Waals surface area contributed by atoms with Crippen molar-refractivity contribution >= 4 is 56.5 Å². The average Bonchev–Trinajstić information content (AvgIpc) is 3.30. The lowest BCUT2D eigenvalue weighted by Gasteiger charge is -2.38. The van der Waals surface area contributed by atoms with E-state index in [-0.39, 0.29) is 67.0 Å². The van der Waals surface area contributed by atoms with Crippen molar-refractivity contribution in [2.75, 3.05) is 74.5 Å². The third-order valence-corrected chi connectivity index (χ3v) is 12.0. The molecule has 0 saturated carbocycles. The summed E-state index contributed by atoms with van der Waals surface area (Å²) in [5.41, 5.74) is 0.400. The van der Waals surface area contributed by atoms with E-state index in [1.54, 1.807) is 29.4 Å². The number of hydrogen-bond acceptors (Lipinski definition) is 19. The van der Waals surface area contributed by atoms with Gasteiger partial charge < -0.3 is 65.5 Å². The van der Waals surface area contributed by atoms with Gasteiger partial charge in [-0.1, -0.05) is 25.3 Å². The van der Waals surface area contributed by atoms with Crippen molar-refractivity contribution in [2.24, 2.45) is 0 Å². The van der Waals surface area contributed by atoms with Crippen molar-refractivity contribution in [1.82, 2.24) is 20.1 Å². The topological polar surface area (TPSA) is 322 Å². The first-order valence-electron chi connectivity index (χ1n) is 21.8. The summed E-state index contributed by atoms with van der Waals surface area (Å²) in [6.45, 7) is 0.379. The Morgan fingerprint density at radius 1 is 0.925 bits per heavy atom. The van der Waals surface area contributed by atoms with Gasteiger partial charge in [-0.05, 0) is 62.6 Å². The Morgan fingerprint density at radius 3 is 2.30 bits per heavy atom. The number of carboxylic acids is 1. The number of piperidine rings is 1. The Morgan fingerprint density at radius 2 is 1.61 bits per heavy atom. The van der Waals surface area contributed by atoms with Crippen LogP contribution < -0.4 is 36.9 Å². The summed E-state index contributed by atoms with van der Waals surface area (Å²) in [6, 6.07) is 7.52. The highest BCUT2D eigenvalue weighted by Gasteiger charge is 2.48. The normalized spacial score (nSPS) is 20.0. The van der Waals surface area contributed by atoms with Gasteiger partial charge in [0.05, 0.1) is 24.1 Å². The molecule has 0 aliphatic carbocycles. The maximum atomic E-state index is 13.3. The van der Waals surface area contributed by atoms with Gasteiger partial charge in [-0.25, -0.2) is 18.0 Å². The Bertz CT molecular complexity index is 2320. The van der Waals surface area contributed by atoms with Gasteiger partial charge in [0.15, 0.2) is 6.10 Å². The number of sulfone groups is 1. The zero-order chi connectivity index (χ0) is 48.7. The van der Waals surface area contributed by atoms with Gasteiger partial charge in [0, 0.05) is 56.9 Å². The van der Waals surface area contributed by atoms with Gasteiger partial charge in [-0.2, -0.15) is 0 Å². The van der Waals surface area contributed by atoms with Crippen molar-refractivity contribution in [3.8, 4) is 5.75 Å². The minimum absolute atomic E-state index is 0.00719. The number of aromatic nitrogens is 1. The van der Waals surface area contributed by atoms with E-state index in [9.17, 15) is 57.6 Å². The molecule has 2 aliphatic heterocycles. The number of rotatable bonds is 25. The van der Waals surface area contributed by atoms with Crippen LogP contribution in [0, 0.1) is 0 Å². The third-order valence-electron chi connectivity index (χ3n) is 11.1. The highest BCUT2D eigenvalue weighted by molar-refractivity contribution is 7.90. The number of aliphatic hydroxyl groups is 3. The molecule has 368 valence electrons. The van der Waals surface area contributed by atoms with Crippen LogP contribution in [0.15, 0.2) is 52.3 Å². The Labute approximate surface area is 386 Å². The van der Waals surface area contributed by atoms with Gasteiger partial charge in [0.1, 0.15) is 58.6 Å². The summed E-state index contributed by atoms with van der Waals surface area (Å²) < 4.78 is 46.5. The van der Waals surface area contributed by atoms with Crippen molar-refractivity contribution in [2.45, 2.75) is 94.8 Å². The number of anilines is 4. The number of likely N-dealkylation sites (tertiary alicyclic amines) is 1. The van der Waals surface area contributed by atoms with E-state index >= 15 is 0 Å². The van der Waals surface area contributed by atoms with Crippen molar-refractivity contribution in [1.29, 1.82) is 0 Å². The largest absolute Gasteiger partial charge is 0.479 e. The second-order valence-corrected chi connectivity index (χ2v) is 18.6. The minimum Gasteiger partial charge on any atom is -0.479 e. The lowest BCUT2D eigenvalue weighted by Crippen LogP contribution is -2.61. The fraction of sp³-hybridized carbons (Fsp3) is 0.558. The lowest BCUT2D eigenvalue weighted by atomic mass is 9.99. The van der Waals surface area contributed by atoms with E-state index in [0.29, 0.717) is 56.6 Å². The number of likely N-dealkylation sites (N-methyl/N-ethyl adjacent to an activating group) is 1. The molecule has 1 aromatic heterocycles. The molecule has 2 aromatic carbocycles. The summed E-state index contributed by atoms with van der Waals surface area (Å²) >= 11 is 0. The number of ether oxygens (including phenoxy) is 4. The van der Waals surface area contributed by atoms with Gasteiger partial charge in [0.2, 0.25) is 18.1 Å². The first-order valence-corrected chi connectivity index (χ1v) is 23.9. The third kappa shape index (κ3) is 15.4. The molecule has 2 fully saturated rings. The molecule has 3 heterocycles. The first kappa shape index (κ1) is 52.2. The van der Waals surface area contributed by atoms with E-state index in [4.69, 9.17) is 18.9 Å². The van der Waals surface area contributed by atoms with Crippen molar-refractivity contribution in [3.05, 3.63) is 68.7 Å². The van der Waals surface area contributed by atoms with Crippen LogP contribution in [0.2, 0.25) is 0 Å². The van der Waals surface area contributed by atoms with Crippen LogP contribution in [-0.4, -0.2) is 163 Å². The second kappa shape index (κ2) is 24.8. The highest BCUT2D eigenvalue weighted by Crippen LogP contribution is 2.31. The molecule has 23 nitrogen and oxygen atoms in total. The van der Waals surface area contributed by atoms with Gasteiger partial charge in [-0.15, -0.1) is 0 Å². The van der Waals surface area contributed by atoms with Crippen LogP contribution in [-0.2, 0) is 45.0 Å². The molecule has 0 radical (unpaired) electrons. The molecule has 0 bridgehead atoms. The number of aliphatic hydroxyl groups excluding tert-OH is 3. The van der Waals surface area contributed by atoms with Crippen LogP contribution in [0.4, 0.5) is 27.5 Å². The molecule has 2 aliphatic rings. The van der Waals surface area contributed by atoms with Gasteiger partial charge in [0.25, 0.3) is 10.9 Å². The SMILES string of the molecule is CNCC(=O)Nc1cc(COC(=O)N(CCS(C)(=O)=O)COC2CCN(C(=O)CCCCCCCNc3c(Nc4ccncc4)c(=O)c3=O)CC2)ccc1O[C@@H]1O[C@H](C(=O)O)[C@@H](O)[C@H](O)[C@H]1O. The van der Waals surface area contributed by atoms with Crippen LogP contribution in [0.5, 0.6) is 5.75 Å². The summed E-state index contributed by atoms with van der Waals surface area (Å²) in [5, 5.41) is 51.4. The van der Waals surface area contributed by atoms with Gasteiger partial charge in [-0.3, -0.25) is 29.1 Å². The maximum Gasteiger partial charge on any atom is 0.411 e. The Hall–Kier alpha value is -5.76. The maximum absolute atomic E-state index is 13.3. The molecule has 67 heavy (non-hydrogen) atoms. The molecular formula is C43H59N7O16S. The van der Waals surface area contributed by atoms with E-state index in [2.05, 4.69) is 26.3 Å². The summed E-state index contributed by atoms with van der Waals surface area (Å²) in [7, 11) is -1.97. The number of amides is 3. The first-order chi connectivity index (χ1) is 31.9. The fourth-order valence-corrected chi connectivity index (χ4v) is 7.80. The highest BCUT2D eigenvalue weighted by atomic mass is 32.2. The lowest BCUT2D eigenvalue weighted by molar-refractivity contribution is -0.271. The molecule has 3 aromatic rings. The van der Waals surface area contributed by atoms with Crippen LogP contribution in [0.25, 0.3) is 0 Å². The predicted octanol–water partition coefficient (Wildman–Crippen LogP) is 0.251. The van der Waals surface area contributed by atoms with Crippen LogP contribution >= 0.6 is 0 Å².